The second-order valence-electron chi connectivity index (χ2n) is 1.94. The molecule has 0 aliphatic carbocycles. The van der Waals surface area contributed by atoms with Gasteiger partial charge in [-0.25, -0.2) is 0 Å². The molecule has 0 spiro atoms. The Morgan fingerprint density at radius 2 is 1.07 bits per heavy atom. The summed E-state index contributed by atoms with van der Waals surface area (Å²) in [5, 5.41) is 8.93. The van der Waals surface area contributed by atoms with Gasteiger partial charge in [0, 0.05) is 19.8 Å². The van der Waals surface area contributed by atoms with Crippen LogP contribution in [0.3, 0.4) is 0 Å². The van der Waals surface area contributed by atoms with Gasteiger partial charge in [-0.05, 0) is 20.8 Å². The maximum absolute atomic E-state index is 8.93. The zero-order valence-electron chi connectivity index (χ0n) is 10.0. The summed E-state index contributed by atoms with van der Waals surface area (Å²) in [6, 6.07) is 0. The van der Waals surface area contributed by atoms with Gasteiger partial charge in [0.05, 0.1) is 0 Å². The van der Waals surface area contributed by atoms with Crippen molar-refractivity contribution in [2.75, 3.05) is 26.4 Å². The summed E-state index contributed by atoms with van der Waals surface area (Å²) in [4.78, 5) is 0. The van der Waals surface area contributed by atoms with Gasteiger partial charge in [0.15, 0.2) is 0 Å². The van der Waals surface area contributed by atoms with E-state index in [2.05, 4.69) is 0 Å². The molecule has 0 N–H and O–H groups in total. The third-order valence-electron chi connectivity index (χ3n) is 0.908. The number of hydrogen-bond acceptors (Lipinski definition) is 4. The zero-order chi connectivity index (χ0) is 10.5. The molecule has 80 valence electrons. The SMILES string of the molecule is CCOB(OCC)OCC.CC[O-].[Na+]. The second-order valence-corrected chi connectivity index (χ2v) is 1.94. The van der Waals surface area contributed by atoms with Crippen molar-refractivity contribution in [3.8, 4) is 0 Å². The summed E-state index contributed by atoms with van der Waals surface area (Å²) < 4.78 is 15.2. The van der Waals surface area contributed by atoms with Crippen LogP contribution in [0, 0.1) is 0 Å². The van der Waals surface area contributed by atoms with E-state index in [0.717, 1.165) is 0 Å². The van der Waals surface area contributed by atoms with E-state index in [0.29, 0.717) is 19.8 Å². The molecule has 0 aliphatic rings. The van der Waals surface area contributed by atoms with Crippen molar-refractivity contribution in [1.29, 1.82) is 0 Å². The summed E-state index contributed by atoms with van der Waals surface area (Å²) in [5.41, 5.74) is 0. The fourth-order valence-electron chi connectivity index (χ4n) is 0.553. The molecule has 0 rings (SSSR count). The van der Waals surface area contributed by atoms with Gasteiger partial charge in [-0.2, -0.15) is 0 Å². The average Bonchev–Trinajstić information content (AvgIpc) is 2.07. The van der Waals surface area contributed by atoms with Crippen LogP contribution >= 0.6 is 0 Å². The molecule has 4 nitrogen and oxygen atoms in total. The molecule has 0 amide bonds. The first-order chi connectivity index (χ1) is 6.26. The van der Waals surface area contributed by atoms with Gasteiger partial charge in [0.1, 0.15) is 0 Å². The molecule has 0 aromatic carbocycles. The Balaban J connectivity index is -0.000000267. The summed E-state index contributed by atoms with van der Waals surface area (Å²) >= 11 is 0. The van der Waals surface area contributed by atoms with Gasteiger partial charge < -0.3 is 19.1 Å². The van der Waals surface area contributed by atoms with E-state index in [-0.39, 0.29) is 36.2 Å². The first kappa shape index (κ1) is 20.3. The molecule has 0 radical (unpaired) electrons. The van der Waals surface area contributed by atoms with Gasteiger partial charge in [-0.15, -0.1) is 6.61 Å². The molecule has 0 saturated carbocycles. The molecule has 14 heavy (non-hydrogen) atoms. The van der Waals surface area contributed by atoms with Crippen molar-refractivity contribution >= 4 is 7.32 Å². The molecular weight excluding hydrogens is 194 g/mol. The van der Waals surface area contributed by atoms with Crippen molar-refractivity contribution < 1.29 is 48.6 Å². The third kappa shape index (κ3) is 18.6. The van der Waals surface area contributed by atoms with E-state index in [1.165, 1.54) is 0 Å². The fraction of sp³-hybridized carbons (Fsp3) is 1.00. The summed E-state index contributed by atoms with van der Waals surface area (Å²) in [5.74, 6) is 0. The van der Waals surface area contributed by atoms with Crippen LogP contribution in [0.15, 0.2) is 0 Å². The summed E-state index contributed by atoms with van der Waals surface area (Å²) in [6.45, 7) is 9.14. The maximum Gasteiger partial charge on any atom is 1.00 e. The Bertz CT molecular complexity index is 73.5. The van der Waals surface area contributed by atoms with Crippen LogP contribution in [0.4, 0.5) is 0 Å². The Morgan fingerprint density at radius 3 is 1.21 bits per heavy atom. The number of hydrogen-bond donors (Lipinski definition) is 0. The van der Waals surface area contributed by atoms with Crippen LogP contribution in [0.25, 0.3) is 0 Å². The van der Waals surface area contributed by atoms with Crippen LogP contribution in [0.5, 0.6) is 0 Å². The second kappa shape index (κ2) is 19.5. The Hall–Kier alpha value is 0.905. The third-order valence-corrected chi connectivity index (χ3v) is 0.908. The van der Waals surface area contributed by atoms with E-state index in [1.54, 1.807) is 6.92 Å². The maximum atomic E-state index is 8.93. The van der Waals surface area contributed by atoms with Gasteiger partial charge in [0.25, 0.3) is 0 Å². The fourth-order valence-corrected chi connectivity index (χ4v) is 0.553. The normalized spacial score (nSPS) is 8.36. The Morgan fingerprint density at radius 1 is 0.857 bits per heavy atom. The van der Waals surface area contributed by atoms with Crippen molar-refractivity contribution in [1.82, 2.24) is 0 Å². The molecule has 0 bridgehead atoms. The van der Waals surface area contributed by atoms with Crippen LogP contribution < -0.4 is 34.7 Å². The van der Waals surface area contributed by atoms with Gasteiger partial charge in [0.2, 0.25) is 0 Å². The van der Waals surface area contributed by atoms with E-state index in [4.69, 9.17) is 19.1 Å². The van der Waals surface area contributed by atoms with Crippen LogP contribution in [0.1, 0.15) is 27.7 Å². The molecular formula is C8H20BNaO4. The smallest absolute Gasteiger partial charge is 0.855 e. The van der Waals surface area contributed by atoms with Gasteiger partial charge in [-0.1, -0.05) is 6.92 Å². The van der Waals surface area contributed by atoms with Crippen molar-refractivity contribution in [2.45, 2.75) is 27.7 Å². The standard InChI is InChI=1S/C6H15BO3.C2H5O.Na/c1-4-8-7(9-5-2)10-6-3;1-2-3;/h4-6H2,1-3H3;2H2,1H3;/q;-1;+1. The summed E-state index contributed by atoms with van der Waals surface area (Å²) in [7, 11) is -0.472. The Kier molecular flexibility index (Phi) is 28.3. The van der Waals surface area contributed by atoms with Crippen LogP contribution in [-0.4, -0.2) is 33.7 Å². The molecule has 0 aromatic heterocycles. The molecule has 0 unspecified atom stereocenters. The predicted octanol–water partition coefficient (Wildman–Crippen LogP) is -2.55. The van der Waals surface area contributed by atoms with Crippen molar-refractivity contribution in [3.63, 3.8) is 0 Å². The van der Waals surface area contributed by atoms with Crippen LogP contribution in [-0.2, 0) is 14.0 Å². The van der Waals surface area contributed by atoms with Gasteiger partial charge in [-0.3, -0.25) is 0 Å². The van der Waals surface area contributed by atoms with E-state index >= 15 is 0 Å². The Labute approximate surface area is 110 Å². The van der Waals surface area contributed by atoms with E-state index < -0.39 is 7.32 Å². The van der Waals surface area contributed by atoms with Gasteiger partial charge >= 0.3 is 36.9 Å². The molecule has 0 fully saturated rings. The topological polar surface area (TPSA) is 50.8 Å². The van der Waals surface area contributed by atoms with Crippen molar-refractivity contribution in [2.24, 2.45) is 0 Å². The van der Waals surface area contributed by atoms with E-state index in [1.807, 2.05) is 20.8 Å². The quantitative estimate of drug-likeness (QED) is 0.457. The molecule has 0 heterocycles. The first-order valence-electron chi connectivity index (χ1n) is 4.69. The molecule has 6 heteroatoms. The minimum Gasteiger partial charge on any atom is -0.855 e. The predicted molar refractivity (Wildman–Crippen MR) is 51.2 cm³/mol. The molecule has 0 aliphatic heterocycles. The molecule has 0 saturated heterocycles. The molecule has 0 atom stereocenters. The zero-order valence-corrected chi connectivity index (χ0v) is 12.0. The van der Waals surface area contributed by atoms with E-state index in [9.17, 15) is 0 Å². The first-order valence-corrected chi connectivity index (χ1v) is 4.69. The van der Waals surface area contributed by atoms with Crippen molar-refractivity contribution in [3.05, 3.63) is 0 Å². The van der Waals surface area contributed by atoms with Crippen LogP contribution in [0.2, 0.25) is 0 Å². The summed E-state index contributed by atoms with van der Waals surface area (Å²) in [6.07, 6.45) is 0. The number of rotatable bonds is 6. The minimum atomic E-state index is -0.472. The molecule has 0 aromatic rings. The average molecular weight is 214 g/mol. The monoisotopic (exact) mass is 214 g/mol. The minimum absolute atomic E-state index is 0. The largest absolute Gasteiger partial charge is 1.00 e.